The van der Waals surface area contributed by atoms with Crippen LogP contribution in [0.25, 0.3) is 22.2 Å². The first kappa shape index (κ1) is 25.1. The number of aliphatic hydroxyl groups is 2. The molecule has 1 saturated carbocycles. The summed E-state index contributed by atoms with van der Waals surface area (Å²) < 4.78 is 10.0. The van der Waals surface area contributed by atoms with Crippen LogP contribution in [0.4, 0.5) is 5.82 Å². The summed E-state index contributed by atoms with van der Waals surface area (Å²) in [6.45, 7) is 6.57. The lowest BCUT2D eigenvalue weighted by atomic mass is 9.93. The zero-order valence-electron chi connectivity index (χ0n) is 21.5. The maximum absolute atomic E-state index is 9.80. The van der Waals surface area contributed by atoms with Crippen LogP contribution in [0.5, 0.6) is 5.75 Å². The van der Waals surface area contributed by atoms with E-state index in [2.05, 4.69) is 36.1 Å². The van der Waals surface area contributed by atoms with Crippen LogP contribution in [-0.4, -0.2) is 70.1 Å². The maximum atomic E-state index is 9.80. The third-order valence-corrected chi connectivity index (χ3v) is 6.80. The van der Waals surface area contributed by atoms with Crippen LogP contribution in [0.1, 0.15) is 50.2 Å². The molecule has 1 aliphatic rings. The van der Waals surface area contributed by atoms with Gasteiger partial charge in [-0.05, 0) is 46.5 Å². The molecule has 3 N–H and O–H groups in total. The van der Waals surface area contributed by atoms with E-state index in [0.29, 0.717) is 0 Å². The van der Waals surface area contributed by atoms with Gasteiger partial charge in [0.05, 0.1) is 55.0 Å². The average Bonchev–Trinajstić information content (AvgIpc) is 3.50. The second kappa shape index (κ2) is 10.8. The fraction of sp³-hybridized carbons (Fsp3) is 0.500. The van der Waals surface area contributed by atoms with Gasteiger partial charge in [-0.25, -0.2) is 15.0 Å². The quantitative estimate of drug-likeness (QED) is 0.313. The summed E-state index contributed by atoms with van der Waals surface area (Å²) in [6, 6.07) is 2.29. The molecular formula is C26H34N8O3. The van der Waals surface area contributed by atoms with Crippen LogP contribution in [-0.2, 0) is 6.54 Å². The monoisotopic (exact) mass is 506 g/mol. The molecule has 37 heavy (non-hydrogen) atoms. The first-order valence-corrected chi connectivity index (χ1v) is 12.9. The number of nitrogens with zero attached hydrogens (tertiary/aromatic N) is 7. The molecule has 0 bridgehead atoms. The highest BCUT2D eigenvalue weighted by atomic mass is 16.5. The Morgan fingerprint density at radius 3 is 2.68 bits per heavy atom. The Kier molecular flexibility index (Phi) is 7.33. The van der Waals surface area contributed by atoms with Crippen LogP contribution in [0, 0.1) is 13.8 Å². The minimum absolute atomic E-state index is 0.123. The molecule has 0 unspecified atom stereocenters. The molecule has 0 spiro atoms. The smallest absolute Gasteiger partial charge is 0.159 e. The molecule has 1 atom stereocenters. The summed E-state index contributed by atoms with van der Waals surface area (Å²) in [6.07, 6.45) is 10.2. The van der Waals surface area contributed by atoms with Crippen LogP contribution in [0.3, 0.4) is 0 Å². The topological polar surface area (TPSA) is 136 Å². The fourth-order valence-corrected chi connectivity index (χ4v) is 4.94. The standard InChI is InChI=1S/C26H34N8O3/c1-4-27-25-9-23-22(11-29-25)26(18-10-30-33(13-18)14-20(36)15-35)32-34(23)19-5-7-21(8-6-19)37-24-12-28-17(3)31-16(24)2/h9-13,19-21,35-36H,4-8,14-15H2,1-3H3,(H,27,29)/t19?,20-,21?/m1/s1. The Bertz CT molecular complexity index is 1360. The molecule has 0 aliphatic heterocycles. The number of anilines is 1. The lowest BCUT2D eigenvalue weighted by molar-refractivity contribution is 0.0783. The van der Waals surface area contributed by atoms with Crippen molar-refractivity contribution in [1.29, 1.82) is 0 Å². The summed E-state index contributed by atoms with van der Waals surface area (Å²) in [5.41, 5.74) is 3.55. The predicted molar refractivity (Wildman–Crippen MR) is 139 cm³/mol. The second-order valence-electron chi connectivity index (χ2n) is 9.61. The SMILES string of the molecule is CCNc1cc2c(cn1)c(-c1cnn(C[C@@H](O)CO)c1)nn2C1CCC(Oc2cnc(C)nc2C)CC1. The van der Waals surface area contributed by atoms with E-state index in [1.807, 2.05) is 33.2 Å². The molecule has 11 heteroatoms. The molecule has 0 radical (unpaired) electrons. The summed E-state index contributed by atoms with van der Waals surface area (Å²) >= 11 is 0. The summed E-state index contributed by atoms with van der Waals surface area (Å²) in [7, 11) is 0. The van der Waals surface area contributed by atoms with E-state index in [-0.39, 0.29) is 25.3 Å². The third-order valence-electron chi connectivity index (χ3n) is 6.80. The van der Waals surface area contributed by atoms with E-state index in [1.54, 1.807) is 17.1 Å². The van der Waals surface area contributed by atoms with Crippen molar-refractivity contribution in [2.24, 2.45) is 0 Å². The highest BCUT2D eigenvalue weighted by Crippen LogP contribution is 2.36. The first-order chi connectivity index (χ1) is 17.9. The van der Waals surface area contributed by atoms with Gasteiger partial charge in [-0.2, -0.15) is 10.2 Å². The van der Waals surface area contributed by atoms with Crippen molar-refractivity contribution >= 4 is 16.7 Å². The normalized spacial score (nSPS) is 18.7. The second-order valence-corrected chi connectivity index (χ2v) is 9.61. The zero-order chi connectivity index (χ0) is 25.9. The summed E-state index contributed by atoms with van der Waals surface area (Å²) in [5.74, 6) is 2.32. The lowest BCUT2D eigenvalue weighted by Crippen LogP contribution is -2.26. The van der Waals surface area contributed by atoms with Gasteiger partial charge in [0.25, 0.3) is 0 Å². The molecule has 0 amide bonds. The number of ether oxygens (including phenoxy) is 1. The van der Waals surface area contributed by atoms with E-state index in [1.165, 1.54) is 0 Å². The van der Waals surface area contributed by atoms with Crippen LogP contribution in [0.2, 0.25) is 0 Å². The van der Waals surface area contributed by atoms with Gasteiger partial charge in [-0.1, -0.05) is 0 Å². The minimum Gasteiger partial charge on any atom is -0.487 e. The fourth-order valence-electron chi connectivity index (χ4n) is 4.94. The molecule has 196 valence electrons. The number of aliphatic hydroxyl groups excluding tert-OH is 2. The van der Waals surface area contributed by atoms with E-state index in [0.717, 1.165) is 77.5 Å². The number of rotatable bonds is 9. The van der Waals surface area contributed by atoms with Crippen molar-refractivity contribution < 1.29 is 14.9 Å². The van der Waals surface area contributed by atoms with Crippen LogP contribution >= 0.6 is 0 Å². The number of pyridine rings is 1. The highest BCUT2D eigenvalue weighted by molar-refractivity contribution is 5.93. The third kappa shape index (κ3) is 5.42. The molecule has 4 heterocycles. The van der Waals surface area contributed by atoms with Crippen molar-refractivity contribution in [3.05, 3.63) is 42.4 Å². The van der Waals surface area contributed by atoms with E-state index in [4.69, 9.17) is 14.9 Å². The molecule has 5 rings (SSSR count). The summed E-state index contributed by atoms with van der Waals surface area (Å²) in [4.78, 5) is 13.3. The zero-order valence-corrected chi connectivity index (χ0v) is 21.5. The largest absolute Gasteiger partial charge is 0.487 e. The molecule has 11 nitrogen and oxygen atoms in total. The Balaban J connectivity index is 1.39. The number of aryl methyl sites for hydroxylation is 2. The van der Waals surface area contributed by atoms with Crippen molar-refractivity contribution in [3.63, 3.8) is 0 Å². The Labute approximate surface area is 215 Å². The van der Waals surface area contributed by atoms with Crippen molar-refractivity contribution in [2.45, 2.75) is 71.2 Å². The number of aromatic nitrogens is 7. The van der Waals surface area contributed by atoms with Gasteiger partial charge in [0.15, 0.2) is 5.75 Å². The van der Waals surface area contributed by atoms with E-state index in [9.17, 15) is 5.11 Å². The van der Waals surface area contributed by atoms with Crippen molar-refractivity contribution in [2.75, 3.05) is 18.5 Å². The predicted octanol–water partition coefficient (Wildman–Crippen LogP) is 3.05. The lowest BCUT2D eigenvalue weighted by Gasteiger charge is -2.29. The first-order valence-electron chi connectivity index (χ1n) is 12.9. The number of nitrogens with one attached hydrogen (secondary N) is 1. The highest BCUT2D eigenvalue weighted by Gasteiger charge is 2.27. The molecule has 0 saturated heterocycles. The Morgan fingerprint density at radius 1 is 1.14 bits per heavy atom. The Morgan fingerprint density at radius 2 is 1.95 bits per heavy atom. The molecular weight excluding hydrogens is 472 g/mol. The number of hydrogen-bond acceptors (Lipinski definition) is 9. The van der Waals surface area contributed by atoms with E-state index >= 15 is 0 Å². The average molecular weight is 507 g/mol. The van der Waals surface area contributed by atoms with Crippen LogP contribution < -0.4 is 10.1 Å². The van der Waals surface area contributed by atoms with Gasteiger partial charge in [0.2, 0.25) is 0 Å². The molecule has 4 aromatic heterocycles. The molecule has 4 aromatic rings. The minimum atomic E-state index is -0.862. The molecule has 1 aliphatic carbocycles. The number of hydrogen-bond donors (Lipinski definition) is 3. The van der Waals surface area contributed by atoms with Gasteiger partial charge < -0.3 is 20.3 Å². The van der Waals surface area contributed by atoms with Crippen molar-refractivity contribution in [1.82, 2.24) is 34.5 Å². The van der Waals surface area contributed by atoms with Gasteiger partial charge in [0, 0.05) is 36.0 Å². The summed E-state index contributed by atoms with van der Waals surface area (Å²) in [5, 5.41) is 32.6. The Hall–Kier alpha value is -3.57. The van der Waals surface area contributed by atoms with Crippen LogP contribution in [0.15, 0.2) is 30.9 Å². The van der Waals surface area contributed by atoms with Gasteiger partial charge in [-0.3, -0.25) is 9.36 Å². The van der Waals surface area contributed by atoms with E-state index < -0.39 is 6.10 Å². The van der Waals surface area contributed by atoms with Crippen molar-refractivity contribution in [3.8, 4) is 17.0 Å². The van der Waals surface area contributed by atoms with Gasteiger partial charge in [0.1, 0.15) is 17.3 Å². The molecule has 0 aromatic carbocycles. The number of fused-ring (bicyclic) bond motifs is 1. The van der Waals surface area contributed by atoms with Gasteiger partial charge in [-0.15, -0.1) is 0 Å². The maximum Gasteiger partial charge on any atom is 0.159 e. The molecule has 1 fully saturated rings. The van der Waals surface area contributed by atoms with Gasteiger partial charge >= 0.3 is 0 Å².